The van der Waals surface area contributed by atoms with Crippen molar-refractivity contribution in [2.75, 3.05) is 23.8 Å². The van der Waals surface area contributed by atoms with E-state index in [4.69, 9.17) is 0 Å². The monoisotopic (exact) mass is 292 g/mol. The summed E-state index contributed by atoms with van der Waals surface area (Å²) < 4.78 is 37.7. The first-order valence-corrected chi connectivity index (χ1v) is 5.81. The number of alkyl halides is 3. The van der Waals surface area contributed by atoms with Gasteiger partial charge in [-0.3, -0.25) is 10.1 Å². The molecule has 20 heavy (non-hydrogen) atoms. The summed E-state index contributed by atoms with van der Waals surface area (Å²) in [5.74, 6) is 0.0536. The normalized spacial score (nSPS) is 11.6. The molecule has 0 unspecified atom stereocenters. The van der Waals surface area contributed by atoms with Crippen molar-refractivity contribution in [3.05, 3.63) is 22.2 Å². The summed E-state index contributed by atoms with van der Waals surface area (Å²) >= 11 is 0. The molecule has 0 amide bonds. The maximum atomic E-state index is 12.6. The van der Waals surface area contributed by atoms with E-state index in [9.17, 15) is 23.3 Å². The molecular formula is C11H15F3N4O2. The van der Waals surface area contributed by atoms with Crippen LogP contribution in [0.25, 0.3) is 0 Å². The van der Waals surface area contributed by atoms with Crippen molar-refractivity contribution in [3.63, 3.8) is 0 Å². The third-order valence-electron chi connectivity index (χ3n) is 2.53. The molecule has 0 saturated heterocycles. The number of pyridine rings is 1. The zero-order chi connectivity index (χ0) is 15.5. The Labute approximate surface area is 113 Å². The van der Waals surface area contributed by atoms with Crippen LogP contribution in [0.2, 0.25) is 0 Å². The van der Waals surface area contributed by atoms with Gasteiger partial charge in [0.25, 0.3) is 5.69 Å². The van der Waals surface area contributed by atoms with E-state index in [0.29, 0.717) is 0 Å². The Balaban J connectivity index is 3.25. The van der Waals surface area contributed by atoms with Gasteiger partial charge in [-0.1, -0.05) is 0 Å². The molecule has 1 aromatic heterocycles. The highest BCUT2D eigenvalue weighted by Crippen LogP contribution is 2.27. The molecule has 0 spiro atoms. The van der Waals surface area contributed by atoms with Crippen LogP contribution < -0.4 is 10.2 Å². The highest BCUT2D eigenvalue weighted by atomic mass is 19.4. The summed E-state index contributed by atoms with van der Waals surface area (Å²) in [6.45, 7) is 1.90. The number of rotatable bonds is 5. The summed E-state index contributed by atoms with van der Waals surface area (Å²) in [6.07, 6.45) is -4.42. The van der Waals surface area contributed by atoms with Crippen molar-refractivity contribution in [1.29, 1.82) is 0 Å². The lowest BCUT2D eigenvalue weighted by atomic mass is 10.2. The lowest BCUT2D eigenvalue weighted by Gasteiger charge is -2.28. The quantitative estimate of drug-likeness (QED) is 0.667. The minimum absolute atomic E-state index is 0.0872. The van der Waals surface area contributed by atoms with Crippen molar-refractivity contribution < 1.29 is 18.1 Å². The fourth-order valence-corrected chi connectivity index (χ4v) is 1.60. The molecule has 0 aliphatic rings. The second kappa shape index (κ2) is 5.93. The maximum absolute atomic E-state index is 12.6. The molecule has 0 saturated carbocycles. The average molecular weight is 292 g/mol. The molecule has 0 fully saturated rings. The first-order valence-electron chi connectivity index (χ1n) is 5.81. The number of nitro groups is 1. The summed E-state index contributed by atoms with van der Waals surface area (Å²) in [5, 5.41) is 13.4. The SMILES string of the molecule is CNc1cc([N+](=O)[O-])cc(N(CC(F)(F)F)C(C)C)n1. The molecule has 0 atom stereocenters. The van der Waals surface area contributed by atoms with Gasteiger partial charge < -0.3 is 10.2 Å². The van der Waals surface area contributed by atoms with Gasteiger partial charge in [-0.25, -0.2) is 4.98 Å². The van der Waals surface area contributed by atoms with Crippen LogP contribution in [0.3, 0.4) is 0 Å². The van der Waals surface area contributed by atoms with Crippen LogP contribution in [0.5, 0.6) is 0 Å². The first-order chi connectivity index (χ1) is 9.14. The first kappa shape index (κ1) is 16.0. The summed E-state index contributed by atoms with van der Waals surface area (Å²) in [7, 11) is 1.49. The summed E-state index contributed by atoms with van der Waals surface area (Å²) in [6, 6.07) is 1.69. The fourth-order valence-electron chi connectivity index (χ4n) is 1.60. The minimum atomic E-state index is -4.42. The van der Waals surface area contributed by atoms with Gasteiger partial charge in [0.2, 0.25) is 0 Å². The molecule has 1 aromatic rings. The Kier molecular flexibility index (Phi) is 4.74. The molecule has 0 bridgehead atoms. The van der Waals surface area contributed by atoms with Crippen LogP contribution in [-0.2, 0) is 0 Å². The zero-order valence-corrected chi connectivity index (χ0v) is 11.2. The molecule has 1 N–H and O–H groups in total. The number of hydrogen-bond acceptors (Lipinski definition) is 5. The van der Waals surface area contributed by atoms with E-state index < -0.39 is 23.7 Å². The smallest absolute Gasteiger partial charge is 0.373 e. The number of anilines is 2. The van der Waals surface area contributed by atoms with Gasteiger partial charge in [-0.2, -0.15) is 13.2 Å². The average Bonchev–Trinajstić information content (AvgIpc) is 2.33. The van der Waals surface area contributed by atoms with E-state index in [2.05, 4.69) is 10.3 Å². The third kappa shape index (κ3) is 4.25. The number of nitrogens with one attached hydrogen (secondary N) is 1. The van der Waals surface area contributed by atoms with Crippen molar-refractivity contribution in [2.24, 2.45) is 0 Å². The van der Waals surface area contributed by atoms with Crippen molar-refractivity contribution >= 4 is 17.3 Å². The second-order valence-corrected chi connectivity index (χ2v) is 4.41. The molecule has 0 radical (unpaired) electrons. The molecule has 0 aromatic carbocycles. The van der Waals surface area contributed by atoms with Crippen LogP contribution in [-0.4, -0.2) is 35.7 Å². The van der Waals surface area contributed by atoms with Crippen molar-refractivity contribution in [3.8, 4) is 0 Å². The van der Waals surface area contributed by atoms with Gasteiger partial charge in [0.15, 0.2) is 0 Å². The largest absolute Gasteiger partial charge is 0.405 e. The fraction of sp³-hybridized carbons (Fsp3) is 0.545. The van der Waals surface area contributed by atoms with E-state index in [1.807, 2.05) is 0 Å². The Morgan fingerprint density at radius 2 is 2.05 bits per heavy atom. The van der Waals surface area contributed by atoms with E-state index in [1.165, 1.54) is 7.05 Å². The van der Waals surface area contributed by atoms with Crippen molar-refractivity contribution in [1.82, 2.24) is 4.98 Å². The molecule has 9 heteroatoms. The molecule has 0 aliphatic heterocycles. The lowest BCUT2D eigenvalue weighted by molar-refractivity contribution is -0.384. The van der Waals surface area contributed by atoms with Crippen molar-refractivity contribution in [2.45, 2.75) is 26.1 Å². The highest BCUT2D eigenvalue weighted by molar-refractivity contribution is 5.56. The van der Waals surface area contributed by atoms with Gasteiger partial charge in [0.1, 0.15) is 18.2 Å². The number of aromatic nitrogens is 1. The molecular weight excluding hydrogens is 277 g/mol. The van der Waals surface area contributed by atoms with Crippen LogP contribution in [0, 0.1) is 10.1 Å². The Morgan fingerprint density at radius 3 is 2.45 bits per heavy atom. The molecule has 1 rings (SSSR count). The second-order valence-electron chi connectivity index (χ2n) is 4.41. The van der Waals surface area contributed by atoms with Crippen LogP contribution in [0.4, 0.5) is 30.5 Å². The Hall–Kier alpha value is -2.06. The summed E-state index contributed by atoms with van der Waals surface area (Å²) in [4.78, 5) is 15.1. The van der Waals surface area contributed by atoms with Crippen LogP contribution in [0.15, 0.2) is 12.1 Å². The highest BCUT2D eigenvalue weighted by Gasteiger charge is 2.33. The van der Waals surface area contributed by atoms with Crippen LogP contribution >= 0.6 is 0 Å². The van der Waals surface area contributed by atoms with Crippen LogP contribution in [0.1, 0.15) is 13.8 Å². The van der Waals surface area contributed by atoms with Gasteiger partial charge in [-0.05, 0) is 13.8 Å². The van der Waals surface area contributed by atoms with Gasteiger partial charge in [0.05, 0.1) is 17.1 Å². The van der Waals surface area contributed by atoms with Gasteiger partial charge in [0, 0.05) is 13.1 Å². The number of nitrogens with zero attached hydrogens (tertiary/aromatic N) is 3. The van der Waals surface area contributed by atoms with Gasteiger partial charge >= 0.3 is 6.18 Å². The molecule has 1 heterocycles. The summed E-state index contributed by atoms with van der Waals surface area (Å²) in [5.41, 5.74) is -0.313. The predicted molar refractivity (Wildman–Crippen MR) is 69.0 cm³/mol. The maximum Gasteiger partial charge on any atom is 0.405 e. The Bertz CT molecular complexity index is 491. The third-order valence-corrected chi connectivity index (χ3v) is 2.53. The molecule has 112 valence electrons. The molecule has 6 nitrogen and oxygen atoms in total. The zero-order valence-electron chi connectivity index (χ0n) is 11.2. The van der Waals surface area contributed by atoms with E-state index >= 15 is 0 Å². The van der Waals surface area contributed by atoms with E-state index in [-0.39, 0.29) is 17.3 Å². The Morgan fingerprint density at radius 1 is 1.45 bits per heavy atom. The topological polar surface area (TPSA) is 71.3 Å². The minimum Gasteiger partial charge on any atom is -0.373 e. The van der Waals surface area contributed by atoms with Gasteiger partial charge in [-0.15, -0.1) is 0 Å². The lowest BCUT2D eigenvalue weighted by Crippen LogP contribution is -2.39. The number of halogens is 3. The molecule has 0 aliphatic carbocycles. The van der Waals surface area contributed by atoms with E-state index in [1.54, 1.807) is 13.8 Å². The standard InChI is InChI=1S/C11H15F3N4O2/c1-7(2)17(6-11(12,13)14)10-5-8(18(19)20)4-9(15-3)16-10/h4-5,7H,6H2,1-3H3,(H,15,16). The van der Waals surface area contributed by atoms with E-state index in [0.717, 1.165) is 17.0 Å². The predicted octanol–water partition coefficient (Wildman–Crippen LogP) is 2.81. The number of hydrogen-bond donors (Lipinski definition) is 1.